The Bertz CT molecular complexity index is 461. The highest BCUT2D eigenvalue weighted by molar-refractivity contribution is 5.93. The van der Waals surface area contributed by atoms with Crippen molar-refractivity contribution in [3.63, 3.8) is 0 Å². The summed E-state index contributed by atoms with van der Waals surface area (Å²) >= 11 is 0. The monoisotopic (exact) mass is 291 g/mol. The maximum Gasteiger partial charge on any atom is 0.389 e. The molecule has 0 amide bonds. The summed E-state index contributed by atoms with van der Waals surface area (Å²) in [7, 11) is 0. The van der Waals surface area contributed by atoms with Crippen LogP contribution in [0.1, 0.15) is 30.1 Å². The molecule has 2 N–H and O–H groups in total. The number of nitrogen functional groups attached to an aromatic ring is 1. The Hall–Kier alpha value is -1.92. The van der Waals surface area contributed by atoms with Gasteiger partial charge in [-0.2, -0.15) is 13.2 Å². The van der Waals surface area contributed by atoms with Crippen LogP contribution in [0, 0.1) is 0 Å². The van der Waals surface area contributed by atoms with Gasteiger partial charge in [0.25, 0.3) is 0 Å². The predicted octanol–water partition coefficient (Wildman–Crippen LogP) is 3.17. The topological polar surface area (TPSA) is 61.5 Å². The van der Waals surface area contributed by atoms with Gasteiger partial charge in [0.1, 0.15) is 11.3 Å². The molecule has 0 aliphatic carbocycles. The Labute approximate surface area is 114 Å². The van der Waals surface area contributed by atoms with E-state index in [1.807, 2.05) is 0 Å². The zero-order chi connectivity index (χ0) is 15.2. The van der Waals surface area contributed by atoms with Gasteiger partial charge in [-0.25, -0.2) is 4.79 Å². The van der Waals surface area contributed by atoms with Crippen LogP contribution in [0.4, 0.5) is 18.9 Å². The van der Waals surface area contributed by atoms with Crippen molar-refractivity contribution in [3.8, 4) is 5.75 Å². The lowest BCUT2D eigenvalue weighted by Crippen LogP contribution is -2.12. The van der Waals surface area contributed by atoms with Gasteiger partial charge >= 0.3 is 12.1 Å². The molecular weight excluding hydrogens is 275 g/mol. The van der Waals surface area contributed by atoms with E-state index >= 15 is 0 Å². The normalized spacial score (nSPS) is 11.2. The number of hydrogen-bond donors (Lipinski definition) is 1. The molecule has 4 nitrogen and oxygen atoms in total. The molecule has 20 heavy (non-hydrogen) atoms. The summed E-state index contributed by atoms with van der Waals surface area (Å²) in [5, 5.41) is 0. The van der Waals surface area contributed by atoms with Crippen molar-refractivity contribution in [1.82, 2.24) is 0 Å². The molecule has 0 saturated heterocycles. The van der Waals surface area contributed by atoms with Gasteiger partial charge in [0.2, 0.25) is 0 Å². The summed E-state index contributed by atoms with van der Waals surface area (Å²) in [5.41, 5.74) is 6.01. The largest absolute Gasteiger partial charge is 0.493 e. The predicted molar refractivity (Wildman–Crippen MR) is 67.6 cm³/mol. The molecule has 0 aliphatic rings. The first-order valence-corrected chi connectivity index (χ1v) is 6.09. The fourth-order valence-electron chi connectivity index (χ4n) is 1.50. The van der Waals surface area contributed by atoms with Crippen molar-refractivity contribution in [2.75, 3.05) is 18.9 Å². The fraction of sp³-hybridized carbons (Fsp3) is 0.462. The second kappa shape index (κ2) is 7.02. The van der Waals surface area contributed by atoms with Crippen molar-refractivity contribution < 1.29 is 27.4 Å². The maximum atomic E-state index is 12.0. The molecule has 0 unspecified atom stereocenters. The molecule has 0 aliphatic heterocycles. The van der Waals surface area contributed by atoms with Gasteiger partial charge in [-0.05, 0) is 31.5 Å². The molecule has 0 heterocycles. The second-order valence-electron chi connectivity index (χ2n) is 4.04. The number of halogens is 3. The molecule has 112 valence electrons. The average molecular weight is 291 g/mol. The lowest BCUT2D eigenvalue weighted by Gasteiger charge is -2.12. The minimum absolute atomic E-state index is 0.110. The first-order chi connectivity index (χ1) is 9.33. The van der Waals surface area contributed by atoms with Crippen LogP contribution in [0.2, 0.25) is 0 Å². The molecule has 0 bridgehead atoms. The third-order valence-corrected chi connectivity index (χ3v) is 2.36. The number of nitrogens with two attached hydrogens (primary N) is 1. The van der Waals surface area contributed by atoms with Crippen LogP contribution in [0.5, 0.6) is 5.75 Å². The Morgan fingerprint density at radius 1 is 1.35 bits per heavy atom. The van der Waals surface area contributed by atoms with Crippen LogP contribution in [-0.2, 0) is 4.74 Å². The van der Waals surface area contributed by atoms with Crippen LogP contribution in [0.3, 0.4) is 0 Å². The van der Waals surface area contributed by atoms with E-state index in [0.717, 1.165) is 0 Å². The first kappa shape index (κ1) is 16.1. The van der Waals surface area contributed by atoms with Gasteiger partial charge in [-0.15, -0.1) is 0 Å². The lowest BCUT2D eigenvalue weighted by molar-refractivity contribution is -0.136. The molecule has 1 aromatic carbocycles. The number of carbonyl (C=O) groups is 1. The van der Waals surface area contributed by atoms with Gasteiger partial charge in [-0.1, -0.05) is 0 Å². The highest BCUT2D eigenvalue weighted by atomic mass is 19.4. The Morgan fingerprint density at radius 3 is 2.65 bits per heavy atom. The lowest BCUT2D eigenvalue weighted by atomic mass is 10.2. The standard InChI is InChI=1S/C13H16F3NO3/c1-2-19-12(18)10-8-9(17)4-5-11(10)20-7-3-6-13(14,15)16/h4-5,8H,2-3,6-7,17H2,1H3. The third kappa shape index (κ3) is 5.38. The molecule has 0 fully saturated rings. The smallest absolute Gasteiger partial charge is 0.389 e. The summed E-state index contributed by atoms with van der Waals surface area (Å²) in [6.07, 6.45) is -5.33. The number of rotatable bonds is 6. The Kier molecular flexibility index (Phi) is 5.66. The van der Waals surface area contributed by atoms with Crippen molar-refractivity contribution in [1.29, 1.82) is 0 Å². The van der Waals surface area contributed by atoms with Crippen molar-refractivity contribution in [2.45, 2.75) is 25.9 Å². The van der Waals surface area contributed by atoms with Gasteiger partial charge in [0.05, 0.1) is 13.2 Å². The Morgan fingerprint density at radius 2 is 2.05 bits per heavy atom. The van der Waals surface area contributed by atoms with Crippen LogP contribution >= 0.6 is 0 Å². The van der Waals surface area contributed by atoms with Crippen LogP contribution in [0.15, 0.2) is 18.2 Å². The summed E-state index contributed by atoms with van der Waals surface area (Å²) in [6.45, 7) is 1.69. The highest BCUT2D eigenvalue weighted by Crippen LogP contribution is 2.24. The summed E-state index contributed by atoms with van der Waals surface area (Å²) in [4.78, 5) is 11.7. The third-order valence-electron chi connectivity index (χ3n) is 2.36. The molecule has 7 heteroatoms. The molecule has 0 aromatic heterocycles. The molecule has 0 atom stereocenters. The zero-order valence-electron chi connectivity index (χ0n) is 11.0. The van der Waals surface area contributed by atoms with E-state index in [-0.39, 0.29) is 30.9 Å². The van der Waals surface area contributed by atoms with Crippen LogP contribution < -0.4 is 10.5 Å². The second-order valence-corrected chi connectivity index (χ2v) is 4.04. The number of anilines is 1. The number of alkyl halides is 3. The molecular formula is C13H16F3NO3. The summed E-state index contributed by atoms with van der Waals surface area (Å²) in [5.74, 6) is -0.453. The van der Waals surface area contributed by atoms with Crippen molar-refractivity contribution in [3.05, 3.63) is 23.8 Å². The SMILES string of the molecule is CCOC(=O)c1cc(N)ccc1OCCCC(F)(F)F. The van der Waals surface area contributed by atoms with Gasteiger partial charge < -0.3 is 15.2 Å². The first-order valence-electron chi connectivity index (χ1n) is 6.09. The van der Waals surface area contributed by atoms with E-state index in [1.165, 1.54) is 18.2 Å². The minimum atomic E-state index is -4.21. The molecule has 1 rings (SSSR count). The van der Waals surface area contributed by atoms with Crippen molar-refractivity contribution in [2.24, 2.45) is 0 Å². The van der Waals surface area contributed by atoms with E-state index in [4.69, 9.17) is 15.2 Å². The van der Waals surface area contributed by atoms with Crippen LogP contribution in [-0.4, -0.2) is 25.4 Å². The summed E-state index contributed by atoms with van der Waals surface area (Å²) < 4.78 is 46.0. The number of hydrogen-bond acceptors (Lipinski definition) is 4. The van der Waals surface area contributed by atoms with Crippen molar-refractivity contribution >= 4 is 11.7 Å². The summed E-state index contributed by atoms with van der Waals surface area (Å²) in [6, 6.07) is 4.31. The van der Waals surface area contributed by atoms with Gasteiger partial charge in [0.15, 0.2) is 0 Å². The fourth-order valence-corrected chi connectivity index (χ4v) is 1.50. The number of esters is 1. The molecule has 0 spiro atoms. The van der Waals surface area contributed by atoms with E-state index in [2.05, 4.69) is 0 Å². The minimum Gasteiger partial charge on any atom is -0.493 e. The quantitative estimate of drug-likeness (QED) is 0.497. The van der Waals surface area contributed by atoms with E-state index in [9.17, 15) is 18.0 Å². The van der Waals surface area contributed by atoms with Gasteiger partial charge in [-0.3, -0.25) is 0 Å². The van der Waals surface area contributed by atoms with Gasteiger partial charge in [0, 0.05) is 12.1 Å². The number of ether oxygens (including phenoxy) is 2. The molecule has 1 aromatic rings. The zero-order valence-corrected chi connectivity index (χ0v) is 11.0. The average Bonchev–Trinajstić information content (AvgIpc) is 2.35. The Balaban J connectivity index is 2.67. The number of carbonyl (C=O) groups excluding carboxylic acids is 1. The molecule has 0 saturated carbocycles. The number of benzene rings is 1. The highest BCUT2D eigenvalue weighted by Gasteiger charge is 2.26. The van der Waals surface area contributed by atoms with Crippen LogP contribution in [0.25, 0.3) is 0 Å². The van der Waals surface area contributed by atoms with E-state index < -0.39 is 18.6 Å². The molecule has 0 radical (unpaired) electrons. The van der Waals surface area contributed by atoms with E-state index in [1.54, 1.807) is 6.92 Å². The maximum absolute atomic E-state index is 12.0. The van der Waals surface area contributed by atoms with E-state index in [0.29, 0.717) is 5.69 Å².